The molecule has 0 amide bonds. The molecule has 4 rings (SSSR count). The van der Waals surface area contributed by atoms with Crippen LogP contribution in [0.2, 0.25) is 0 Å². The maximum absolute atomic E-state index is 9.33. The van der Waals surface area contributed by atoms with Crippen LogP contribution in [-0.2, 0) is 4.74 Å². The van der Waals surface area contributed by atoms with E-state index in [9.17, 15) is 5.26 Å². The van der Waals surface area contributed by atoms with E-state index in [2.05, 4.69) is 44.5 Å². The van der Waals surface area contributed by atoms with E-state index in [1.165, 1.54) is 0 Å². The standard InChI is InChI=1S/C22H24N6O/c1-14-17(12-23)5-4-6-19(14)15(2)25-22-20-11-18(28-7-9-29-10-8-28)13-24-21(20)16(3)26-27-22/h4-6,11,13,15H,7-10H2,1-3H3,(H,25,27)/t15-/m1/s1. The summed E-state index contributed by atoms with van der Waals surface area (Å²) in [5.41, 5.74) is 5.44. The van der Waals surface area contributed by atoms with Gasteiger partial charge in [-0.15, -0.1) is 5.10 Å². The minimum absolute atomic E-state index is 0.0319. The fourth-order valence-electron chi connectivity index (χ4n) is 3.78. The van der Waals surface area contributed by atoms with Crippen molar-refractivity contribution in [3.8, 4) is 6.07 Å². The van der Waals surface area contributed by atoms with Gasteiger partial charge in [0.1, 0.15) is 0 Å². The Bertz CT molecular complexity index is 1080. The minimum Gasteiger partial charge on any atom is -0.378 e. The van der Waals surface area contributed by atoms with E-state index < -0.39 is 0 Å². The third kappa shape index (κ3) is 3.71. The monoisotopic (exact) mass is 388 g/mol. The highest BCUT2D eigenvalue weighted by molar-refractivity contribution is 5.92. The van der Waals surface area contributed by atoms with Crippen LogP contribution in [0, 0.1) is 25.2 Å². The van der Waals surface area contributed by atoms with Gasteiger partial charge < -0.3 is 15.0 Å². The zero-order chi connectivity index (χ0) is 20.4. The summed E-state index contributed by atoms with van der Waals surface area (Å²) in [4.78, 5) is 6.95. The van der Waals surface area contributed by atoms with E-state index in [1.54, 1.807) is 0 Å². The number of nitrogens with one attached hydrogen (secondary N) is 1. The third-order valence-electron chi connectivity index (χ3n) is 5.46. The van der Waals surface area contributed by atoms with Gasteiger partial charge in [-0.2, -0.15) is 10.4 Å². The molecule has 0 unspecified atom stereocenters. The SMILES string of the molecule is Cc1c(C#N)cccc1[C@@H](C)Nc1nnc(C)c2ncc(N3CCOCC3)cc12. The van der Waals surface area contributed by atoms with Crippen LogP contribution in [0.3, 0.4) is 0 Å². The van der Waals surface area contributed by atoms with Crippen molar-refractivity contribution in [1.82, 2.24) is 15.2 Å². The highest BCUT2D eigenvalue weighted by Crippen LogP contribution is 2.30. The van der Waals surface area contributed by atoms with Gasteiger partial charge in [-0.25, -0.2) is 0 Å². The lowest BCUT2D eigenvalue weighted by atomic mass is 9.98. The van der Waals surface area contributed by atoms with Crippen LogP contribution in [0.1, 0.15) is 35.3 Å². The van der Waals surface area contributed by atoms with Gasteiger partial charge in [-0.05, 0) is 44.0 Å². The molecule has 1 atom stereocenters. The first-order valence-corrected chi connectivity index (χ1v) is 9.80. The van der Waals surface area contributed by atoms with Crippen LogP contribution in [0.25, 0.3) is 10.9 Å². The van der Waals surface area contributed by atoms with Crippen LogP contribution in [0.15, 0.2) is 30.5 Å². The van der Waals surface area contributed by atoms with Gasteiger partial charge in [-0.1, -0.05) is 12.1 Å². The van der Waals surface area contributed by atoms with Crippen molar-refractivity contribution in [2.75, 3.05) is 36.5 Å². The molecule has 1 fully saturated rings. The van der Waals surface area contributed by atoms with E-state index in [0.717, 1.165) is 59.7 Å². The number of aromatic nitrogens is 3. The number of aryl methyl sites for hydroxylation is 1. The fourth-order valence-corrected chi connectivity index (χ4v) is 3.78. The number of anilines is 2. The lowest BCUT2D eigenvalue weighted by molar-refractivity contribution is 0.122. The number of fused-ring (bicyclic) bond motifs is 1. The number of ether oxygens (including phenoxy) is 1. The molecule has 1 N–H and O–H groups in total. The van der Waals surface area contributed by atoms with Crippen molar-refractivity contribution < 1.29 is 4.74 Å². The van der Waals surface area contributed by atoms with Crippen molar-refractivity contribution in [3.63, 3.8) is 0 Å². The molecule has 148 valence electrons. The Hall–Kier alpha value is -3.24. The van der Waals surface area contributed by atoms with Gasteiger partial charge in [0, 0.05) is 18.5 Å². The number of rotatable bonds is 4. The topological polar surface area (TPSA) is 87.0 Å². The van der Waals surface area contributed by atoms with E-state index in [-0.39, 0.29) is 6.04 Å². The molecule has 1 aliphatic rings. The first-order valence-electron chi connectivity index (χ1n) is 9.80. The highest BCUT2D eigenvalue weighted by atomic mass is 16.5. The van der Waals surface area contributed by atoms with Gasteiger partial charge in [0.2, 0.25) is 0 Å². The molecule has 0 bridgehead atoms. The molecule has 3 heterocycles. The van der Waals surface area contributed by atoms with Crippen molar-refractivity contribution in [3.05, 3.63) is 52.8 Å². The number of hydrogen-bond donors (Lipinski definition) is 1. The van der Waals surface area contributed by atoms with E-state index in [4.69, 9.17) is 4.74 Å². The van der Waals surface area contributed by atoms with Crippen molar-refractivity contribution in [1.29, 1.82) is 5.26 Å². The lowest BCUT2D eigenvalue weighted by Gasteiger charge is -2.29. The van der Waals surface area contributed by atoms with Crippen LogP contribution in [-0.4, -0.2) is 41.5 Å². The Balaban J connectivity index is 1.71. The largest absolute Gasteiger partial charge is 0.378 e. The maximum Gasteiger partial charge on any atom is 0.158 e. The van der Waals surface area contributed by atoms with Gasteiger partial charge >= 0.3 is 0 Å². The number of pyridine rings is 1. The fraction of sp³-hybridized carbons (Fsp3) is 0.364. The van der Waals surface area contributed by atoms with Gasteiger partial charge in [-0.3, -0.25) is 4.98 Å². The zero-order valence-electron chi connectivity index (χ0n) is 16.9. The molecule has 0 aliphatic carbocycles. The molecule has 1 saturated heterocycles. The van der Waals surface area contributed by atoms with Crippen molar-refractivity contribution in [2.24, 2.45) is 0 Å². The van der Waals surface area contributed by atoms with Gasteiger partial charge in [0.05, 0.1) is 54.0 Å². The summed E-state index contributed by atoms with van der Waals surface area (Å²) < 4.78 is 5.46. The Morgan fingerprint density at radius 2 is 2.00 bits per heavy atom. The van der Waals surface area contributed by atoms with E-state index in [1.807, 2.05) is 38.2 Å². The van der Waals surface area contributed by atoms with Crippen molar-refractivity contribution in [2.45, 2.75) is 26.8 Å². The predicted octanol–water partition coefficient (Wildman–Crippen LogP) is 3.52. The van der Waals surface area contributed by atoms with E-state index >= 15 is 0 Å². The minimum atomic E-state index is -0.0319. The number of benzene rings is 1. The summed E-state index contributed by atoms with van der Waals surface area (Å²) in [6.07, 6.45) is 1.90. The molecular formula is C22H24N6O. The molecule has 1 aliphatic heterocycles. The first kappa shape index (κ1) is 19.1. The first-order chi connectivity index (χ1) is 14.1. The number of morpholine rings is 1. The second-order valence-electron chi connectivity index (χ2n) is 7.32. The number of nitriles is 1. The second-order valence-corrected chi connectivity index (χ2v) is 7.32. The lowest BCUT2D eigenvalue weighted by Crippen LogP contribution is -2.36. The molecule has 7 heteroatoms. The van der Waals surface area contributed by atoms with Gasteiger partial charge in [0.15, 0.2) is 5.82 Å². The van der Waals surface area contributed by atoms with Crippen LogP contribution >= 0.6 is 0 Å². The molecule has 0 saturated carbocycles. The summed E-state index contributed by atoms with van der Waals surface area (Å²) in [6.45, 7) is 9.11. The average molecular weight is 388 g/mol. The Morgan fingerprint density at radius 1 is 1.21 bits per heavy atom. The average Bonchev–Trinajstić information content (AvgIpc) is 2.76. The summed E-state index contributed by atoms with van der Waals surface area (Å²) in [6, 6.07) is 10.1. The van der Waals surface area contributed by atoms with Crippen LogP contribution < -0.4 is 10.2 Å². The molecule has 1 aromatic carbocycles. The summed E-state index contributed by atoms with van der Waals surface area (Å²) in [7, 11) is 0. The zero-order valence-corrected chi connectivity index (χ0v) is 16.9. The predicted molar refractivity (Wildman–Crippen MR) is 113 cm³/mol. The molecule has 3 aromatic rings. The molecule has 2 aromatic heterocycles. The summed E-state index contributed by atoms with van der Waals surface area (Å²) in [5, 5.41) is 22.5. The Morgan fingerprint density at radius 3 is 2.76 bits per heavy atom. The second kappa shape index (κ2) is 8.02. The maximum atomic E-state index is 9.33. The normalized spacial score (nSPS) is 15.2. The molecule has 0 spiro atoms. The summed E-state index contributed by atoms with van der Waals surface area (Å²) in [5.74, 6) is 0.697. The Labute approximate surface area is 170 Å². The van der Waals surface area contributed by atoms with Gasteiger partial charge in [0.25, 0.3) is 0 Å². The number of nitrogens with zero attached hydrogens (tertiary/aromatic N) is 5. The molecule has 29 heavy (non-hydrogen) atoms. The highest BCUT2D eigenvalue weighted by Gasteiger charge is 2.17. The molecule has 0 radical (unpaired) electrons. The van der Waals surface area contributed by atoms with Crippen LogP contribution in [0.5, 0.6) is 0 Å². The van der Waals surface area contributed by atoms with Crippen molar-refractivity contribution >= 4 is 22.4 Å². The number of hydrogen-bond acceptors (Lipinski definition) is 7. The smallest absolute Gasteiger partial charge is 0.158 e. The van der Waals surface area contributed by atoms with E-state index in [0.29, 0.717) is 11.4 Å². The quantitative estimate of drug-likeness (QED) is 0.731. The molecular weight excluding hydrogens is 364 g/mol. The van der Waals surface area contributed by atoms with Crippen LogP contribution in [0.4, 0.5) is 11.5 Å². The Kier molecular flexibility index (Phi) is 5.28. The molecule has 7 nitrogen and oxygen atoms in total. The third-order valence-corrected chi connectivity index (χ3v) is 5.46. The summed E-state index contributed by atoms with van der Waals surface area (Å²) >= 11 is 0.